The van der Waals surface area contributed by atoms with Gasteiger partial charge in [-0.3, -0.25) is 0 Å². The lowest BCUT2D eigenvalue weighted by Crippen LogP contribution is -2.46. The fourth-order valence-electron chi connectivity index (χ4n) is 4.29. The van der Waals surface area contributed by atoms with E-state index >= 15 is 0 Å². The predicted molar refractivity (Wildman–Crippen MR) is 102 cm³/mol. The van der Waals surface area contributed by atoms with Crippen molar-refractivity contribution >= 4 is 20.2 Å². The van der Waals surface area contributed by atoms with Crippen molar-refractivity contribution in [3.63, 3.8) is 0 Å². The molecular weight excluding hydrogens is 292 g/mol. The molecule has 2 aliphatic carbocycles. The van der Waals surface area contributed by atoms with Crippen LogP contribution in [0, 0.1) is 11.1 Å². The number of fused-ring (bicyclic) bond motifs is 2. The second kappa shape index (κ2) is 5.65. The molecule has 2 aliphatic rings. The van der Waals surface area contributed by atoms with Gasteiger partial charge < -0.3 is 0 Å². The van der Waals surface area contributed by atoms with Crippen LogP contribution in [0.1, 0.15) is 36.1 Å². The second-order valence-electron chi connectivity index (χ2n) is 6.46. The van der Waals surface area contributed by atoms with Crippen LogP contribution in [0.5, 0.6) is 0 Å². The molecular formula is C22H22Si. The van der Waals surface area contributed by atoms with E-state index in [4.69, 9.17) is 0 Å². The SMILES string of the molecule is CC[Si](CC)([C]1C=Cc2ccccc21)[C]1C=Cc2ccccc21. The van der Waals surface area contributed by atoms with Crippen molar-refractivity contribution in [1.82, 2.24) is 0 Å². The summed E-state index contributed by atoms with van der Waals surface area (Å²) in [7, 11) is -1.72. The highest BCUT2D eigenvalue weighted by Gasteiger charge is 2.48. The number of hydrogen-bond donors (Lipinski definition) is 0. The minimum atomic E-state index is -1.72. The van der Waals surface area contributed by atoms with Crippen LogP contribution in [0.4, 0.5) is 0 Å². The Balaban J connectivity index is 1.83. The van der Waals surface area contributed by atoms with E-state index in [1.807, 2.05) is 0 Å². The van der Waals surface area contributed by atoms with Gasteiger partial charge in [-0.25, -0.2) is 0 Å². The second-order valence-corrected chi connectivity index (χ2v) is 11.1. The van der Waals surface area contributed by atoms with E-state index in [-0.39, 0.29) is 0 Å². The molecule has 0 spiro atoms. The largest absolute Gasteiger partial charge is 0.0869 e. The Bertz CT molecular complexity index is 717. The lowest BCUT2D eigenvalue weighted by Gasteiger charge is -2.40. The van der Waals surface area contributed by atoms with Crippen molar-refractivity contribution in [1.29, 1.82) is 0 Å². The van der Waals surface area contributed by atoms with Crippen molar-refractivity contribution in [3.8, 4) is 0 Å². The molecule has 1 heteroatoms. The maximum atomic E-state index is 2.41. The number of benzene rings is 2. The summed E-state index contributed by atoms with van der Waals surface area (Å²) in [6, 6.07) is 20.3. The molecule has 0 N–H and O–H groups in total. The highest BCUT2D eigenvalue weighted by Crippen LogP contribution is 2.49. The summed E-state index contributed by atoms with van der Waals surface area (Å²) in [6.45, 7) is 4.78. The van der Waals surface area contributed by atoms with Crippen molar-refractivity contribution in [2.75, 3.05) is 0 Å². The van der Waals surface area contributed by atoms with Crippen LogP contribution in [0.15, 0.2) is 60.7 Å². The van der Waals surface area contributed by atoms with E-state index in [1.54, 1.807) is 11.1 Å². The van der Waals surface area contributed by atoms with Gasteiger partial charge in [-0.2, -0.15) is 0 Å². The monoisotopic (exact) mass is 314 g/mol. The Morgan fingerprint density at radius 3 is 1.48 bits per heavy atom. The molecule has 0 heterocycles. The van der Waals surface area contributed by atoms with Gasteiger partial charge >= 0.3 is 0 Å². The molecule has 2 aromatic carbocycles. The Kier molecular flexibility index (Phi) is 3.61. The van der Waals surface area contributed by atoms with Gasteiger partial charge in [-0.15, -0.1) is 0 Å². The van der Waals surface area contributed by atoms with Crippen molar-refractivity contribution in [2.45, 2.75) is 25.9 Å². The van der Waals surface area contributed by atoms with Gasteiger partial charge in [0.1, 0.15) is 0 Å². The summed E-state index contributed by atoms with van der Waals surface area (Å²) < 4.78 is 0. The van der Waals surface area contributed by atoms with E-state index in [0.29, 0.717) is 0 Å². The average molecular weight is 315 g/mol. The zero-order valence-corrected chi connectivity index (χ0v) is 14.8. The summed E-state index contributed by atoms with van der Waals surface area (Å²) in [5, 5.41) is 0. The first-order valence-electron chi connectivity index (χ1n) is 8.60. The average Bonchev–Trinajstić information content (AvgIpc) is 3.23. The summed E-state index contributed by atoms with van der Waals surface area (Å²) in [4.78, 5) is 0. The van der Waals surface area contributed by atoms with E-state index in [0.717, 1.165) is 0 Å². The highest BCUT2D eigenvalue weighted by atomic mass is 28.3. The zero-order chi connectivity index (χ0) is 15.9. The Morgan fingerprint density at radius 1 is 0.609 bits per heavy atom. The van der Waals surface area contributed by atoms with Gasteiger partial charge in [-0.05, 0) is 22.3 Å². The van der Waals surface area contributed by atoms with Crippen LogP contribution in [-0.4, -0.2) is 8.07 Å². The number of rotatable bonds is 4. The first-order valence-corrected chi connectivity index (χ1v) is 11.0. The molecule has 0 aliphatic heterocycles. The van der Waals surface area contributed by atoms with E-state index in [1.165, 1.54) is 34.3 Å². The Morgan fingerprint density at radius 2 is 1.04 bits per heavy atom. The molecule has 114 valence electrons. The maximum absolute atomic E-state index is 2.41. The molecule has 0 fully saturated rings. The standard InChI is InChI=1S/C22H22Si/c1-3-23(4-2,21-15-13-17-9-5-7-11-19(17)21)22-16-14-18-10-6-8-12-20(18)22/h5-16H,3-4H2,1-2H3. The highest BCUT2D eigenvalue weighted by molar-refractivity contribution is 6.92. The first kappa shape index (κ1) is 14.7. The van der Waals surface area contributed by atoms with Crippen LogP contribution >= 0.6 is 0 Å². The quantitative estimate of drug-likeness (QED) is 0.621. The molecule has 23 heavy (non-hydrogen) atoms. The third-order valence-electron chi connectivity index (χ3n) is 5.60. The third-order valence-corrected chi connectivity index (χ3v) is 10.9. The first-order chi connectivity index (χ1) is 11.3. The van der Waals surface area contributed by atoms with Crippen molar-refractivity contribution < 1.29 is 0 Å². The van der Waals surface area contributed by atoms with Crippen LogP contribution < -0.4 is 0 Å². The molecule has 4 rings (SSSR count). The molecule has 0 saturated carbocycles. The molecule has 0 saturated heterocycles. The maximum Gasteiger partial charge on any atom is 0.0869 e. The smallest absolute Gasteiger partial charge is 0.0751 e. The van der Waals surface area contributed by atoms with E-state index in [9.17, 15) is 0 Å². The molecule has 0 bridgehead atoms. The molecule has 0 unspecified atom stereocenters. The van der Waals surface area contributed by atoms with Crippen LogP contribution in [0.2, 0.25) is 12.1 Å². The number of hydrogen-bond acceptors (Lipinski definition) is 0. The van der Waals surface area contributed by atoms with Crippen molar-refractivity contribution in [2.24, 2.45) is 0 Å². The van der Waals surface area contributed by atoms with Gasteiger partial charge in [0.15, 0.2) is 0 Å². The summed E-state index contributed by atoms with van der Waals surface area (Å²) in [6.07, 6.45) is 9.43. The Labute approximate surface area is 140 Å². The van der Waals surface area contributed by atoms with Gasteiger partial charge in [0.25, 0.3) is 0 Å². The van der Waals surface area contributed by atoms with Gasteiger partial charge in [0.2, 0.25) is 0 Å². The molecule has 2 radical (unpaired) electrons. The van der Waals surface area contributed by atoms with Crippen molar-refractivity contribution in [3.05, 3.63) is 94.0 Å². The Hall–Kier alpha value is -1.86. The zero-order valence-electron chi connectivity index (χ0n) is 13.8. The fraction of sp³-hybridized carbons (Fsp3) is 0.182. The summed E-state index contributed by atoms with van der Waals surface area (Å²) >= 11 is 0. The fourth-order valence-corrected chi connectivity index (χ4v) is 8.90. The van der Waals surface area contributed by atoms with E-state index < -0.39 is 8.07 Å². The van der Waals surface area contributed by atoms with Gasteiger partial charge in [0.05, 0.1) is 8.07 Å². The van der Waals surface area contributed by atoms with Crippen LogP contribution in [0.3, 0.4) is 0 Å². The number of allylic oxidation sites excluding steroid dienone is 2. The minimum Gasteiger partial charge on any atom is -0.0751 e. The molecule has 2 aromatic rings. The summed E-state index contributed by atoms with van der Waals surface area (Å²) in [5.41, 5.74) is 8.94. The topological polar surface area (TPSA) is 0 Å². The minimum absolute atomic E-state index is 1.26. The summed E-state index contributed by atoms with van der Waals surface area (Å²) in [5.74, 6) is 0. The van der Waals surface area contributed by atoms with Gasteiger partial charge in [-0.1, -0.05) is 98.8 Å². The van der Waals surface area contributed by atoms with Gasteiger partial charge in [0, 0.05) is 11.1 Å². The lowest BCUT2D eigenvalue weighted by molar-refractivity contribution is 1.18. The molecule has 0 atom stereocenters. The molecule has 0 amide bonds. The predicted octanol–water partition coefficient (Wildman–Crippen LogP) is 5.85. The normalized spacial score (nSPS) is 16.8. The van der Waals surface area contributed by atoms with Crippen LogP contribution in [0.25, 0.3) is 12.2 Å². The molecule has 0 aromatic heterocycles. The van der Waals surface area contributed by atoms with E-state index in [2.05, 4.69) is 86.7 Å². The lowest BCUT2D eigenvalue weighted by atomic mass is 10.1. The molecule has 0 nitrogen and oxygen atoms in total. The third kappa shape index (κ3) is 2.10. The van der Waals surface area contributed by atoms with Crippen LogP contribution in [-0.2, 0) is 0 Å².